The number of carbonyl (C=O) groups is 1. The number of rotatable bonds is 3. The van der Waals surface area contributed by atoms with Crippen molar-refractivity contribution in [2.24, 2.45) is 0 Å². The van der Waals surface area contributed by atoms with Gasteiger partial charge in [-0.3, -0.25) is 0 Å². The second-order valence-electron chi connectivity index (χ2n) is 9.39. The number of hydrogen-bond donors (Lipinski definition) is 1. The molecule has 4 aromatic rings. The first kappa shape index (κ1) is 20.2. The summed E-state index contributed by atoms with van der Waals surface area (Å²) >= 11 is 0. The number of aryl methyl sites for hydroxylation is 1. The maximum absolute atomic E-state index is 11.8. The largest absolute Gasteiger partial charge is 0.465 e. The first-order valence-corrected chi connectivity index (χ1v) is 11.6. The van der Waals surface area contributed by atoms with E-state index in [2.05, 4.69) is 35.1 Å². The van der Waals surface area contributed by atoms with Gasteiger partial charge in [-0.2, -0.15) is 0 Å². The summed E-state index contributed by atoms with van der Waals surface area (Å²) in [5.74, 6) is 0.357. The summed E-state index contributed by atoms with van der Waals surface area (Å²) in [6, 6.07) is 14.5. The molecular formula is C28H27N3O2. The van der Waals surface area contributed by atoms with Gasteiger partial charge in [-0.1, -0.05) is 18.2 Å². The van der Waals surface area contributed by atoms with E-state index in [1.807, 2.05) is 24.5 Å². The van der Waals surface area contributed by atoms with E-state index in [0.29, 0.717) is 11.5 Å². The number of likely N-dealkylation sites (N-methyl/N-ethyl adjacent to an activating group) is 1. The van der Waals surface area contributed by atoms with Gasteiger partial charge in [0.15, 0.2) is 0 Å². The molecule has 2 aromatic heterocycles. The zero-order valence-electron chi connectivity index (χ0n) is 19.0. The van der Waals surface area contributed by atoms with Gasteiger partial charge in [0.05, 0.1) is 12.7 Å². The Morgan fingerprint density at radius 2 is 1.91 bits per heavy atom. The van der Waals surface area contributed by atoms with Crippen LogP contribution in [0.1, 0.15) is 45.8 Å². The fourth-order valence-electron chi connectivity index (χ4n) is 5.71. The molecule has 1 atom stereocenters. The van der Waals surface area contributed by atoms with Gasteiger partial charge in [-0.25, -0.2) is 9.78 Å². The third-order valence-electron chi connectivity index (χ3n) is 7.21. The predicted molar refractivity (Wildman–Crippen MR) is 130 cm³/mol. The summed E-state index contributed by atoms with van der Waals surface area (Å²) < 4.78 is 4.82. The Kier molecular flexibility index (Phi) is 4.80. The number of H-pyrrole nitrogens is 1. The van der Waals surface area contributed by atoms with Gasteiger partial charge in [-0.15, -0.1) is 0 Å². The molecule has 0 saturated heterocycles. The molecule has 1 aliphatic heterocycles. The molecule has 1 unspecified atom stereocenters. The normalized spacial score (nSPS) is 17.7. The van der Waals surface area contributed by atoms with Crippen LogP contribution in [-0.2, 0) is 17.7 Å². The molecule has 0 spiro atoms. The second-order valence-corrected chi connectivity index (χ2v) is 9.39. The minimum atomic E-state index is -0.325. The van der Waals surface area contributed by atoms with E-state index in [9.17, 15) is 4.79 Å². The standard InChI is InChI=1S/C28H27N3O2/c1-31-15-20-5-3-4-19-10-21(11-23(16-31)26(19)20)22-12-24-25(14-30-27(24)29-13-22)17-6-8-18(9-7-17)28(32)33-2/h6-14,20H,3-5,15-16H2,1-2H3,(H,29,30). The lowest BCUT2D eigenvalue weighted by molar-refractivity contribution is 0.0601. The predicted octanol–water partition coefficient (Wildman–Crippen LogP) is 5.55. The third kappa shape index (κ3) is 3.44. The highest BCUT2D eigenvalue weighted by Gasteiger charge is 2.29. The fraction of sp³-hybridized carbons (Fsp3) is 0.286. The Balaban J connectivity index is 1.42. The highest BCUT2D eigenvalue weighted by atomic mass is 16.5. The molecule has 0 saturated carbocycles. The zero-order valence-corrected chi connectivity index (χ0v) is 19.0. The Morgan fingerprint density at radius 1 is 1.09 bits per heavy atom. The summed E-state index contributed by atoms with van der Waals surface area (Å²) in [4.78, 5) is 22.3. The van der Waals surface area contributed by atoms with Crippen LogP contribution in [-0.4, -0.2) is 41.5 Å². The van der Waals surface area contributed by atoms with Gasteiger partial charge >= 0.3 is 5.97 Å². The quantitative estimate of drug-likeness (QED) is 0.427. The molecule has 33 heavy (non-hydrogen) atoms. The van der Waals surface area contributed by atoms with Crippen molar-refractivity contribution in [3.05, 3.63) is 77.1 Å². The van der Waals surface area contributed by atoms with Gasteiger partial charge in [0.1, 0.15) is 5.65 Å². The number of ether oxygens (including phenoxy) is 1. The highest BCUT2D eigenvalue weighted by Crippen LogP contribution is 2.41. The lowest BCUT2D eigenvalue weighted by Gasteiger charge is -2.37. The SMILES string of the molecule is COC(=O)c1ccc(-c2c[nH]c3ncc(-c4cc5c6c(c4)CN(C)CC6CCC5)cc23)cc1. The van der Waals surface area contributed by atoms with Gasteiger partial charge in [0.25, 0.3) is 0 Å². The smallest absolute Gasteiger partial charge is 0.337 e. The van der Waals surface area contributed by atoms with Crippen LogP contribution in [0.3, 0.4) is 0 Å². The average molecular weight is 438 g/mol. The number of carbonyl (C=O) groups excluding carboxylic acids is 1. The van der Waals surface area contributed by atoms with E-state index in [1.165, 1.54) is 49.6 Å². The summed E-state index contributed by atoms with van der Waals surface area (Å²) in [7, 11) is 3.63. The molecule has 2 aromatic carbocycles. The van der Waals surface area contributed by atoms with Crippen LogP contribution in [0.4, 0.5) is 0 Å². The van der Waals surface area contributed by atoms with Crippen LogP contribution in [0, 0.1) is 0 Å². The number of nitrogens with one attached hydrogen (secondary N) is 1. The molecular weight excluding hydrogens is 410 g/mol. The van der Waals surface area contributed by atoms with E-state index >= 15 is 0 Å². The Morgan fingerprint density at radius 3 is 2.73 bits per heavy atom. The molecule has 0 bridgehead atoms. The first-order valence-electron chi connectivity index (χ1n) is 11.6. The molecule has 0 fully saturated rings. The molecule has 0 radical (unpaired) electrons. The fourth-order valence-corrected chi connectivity index (χ4v) is 5.71. The lowest BCUT2D eigenvalue weighted by atomic mass is 9.76. The van der Waals surface area contributed by atoms with Crippen LogP contribution in [0.25, 0.3) is 33.3 Å². The minimum Gasteiger partial charge on any atom is -0.465 e. The van der Waals surface area contributed by atoms with Crippen molar-refractivity contribution in [3.63, 3.8) is 0 Å². The number of nitrogens with zero attached hydrogens (tertiary/aromatic N) is 2. The number of methoxy groups -OCH3 is 1. The number of aromatic amines is 1. The molecule has 5 heteroatoms. The first-order chi connectivity index (χ1) is 16.1. The summed E-state index contributed by atoms with van der Waals surface area (Å²) in [5.41, 5.74) is 10.5. The third-order valence-corrected chi connectivity index (χ3v) is 7.21. The van der Waals surface area contributed by atoms with Crippen molar-refractivity contribution < 1.29 is 9.53 Å². The molecule has 1 N–H and O–H groups in total. The van der Waals surface area contributed by atoms with Crippen LogP contribution < -0.4 is 0 Å². The van der Waals surface area contributed by atoms with Crippen molar-refractivity contribution in [2.75, 3.05) is 20.7 Å². The molecule has 6 rings (SSSR count). The van der Waals surface area contributed by atoms with Gasteiger partial charge in [-0.05, 0) is 84.3 Å². The minimum absolute atomic E-state index is 0.325. The summed E-state index contributed by atoms with van der Waals surface area (Å²) in [6.45, 7) is 2.19. The van der Waals surface area contributed by atoms with Crippen molar-refractivity contribution in [3.8, 4) is 22.3 Å². The van der Waals surface area contributed by atoms with Crippen molar-refractivity contribution in [1.82, 2.24) is 14.9 Å². The van der Waals surface area contributed by atoms with E-state index in [0.717, 1.165) is 34.3 Å². The Bertz CT molecular complexity index is 1370. The molecule has 166 valence electrons. The maximum atomic E-state index is 11.8. The molecule has 2 aliphatic rings. The molecule has 5 nitrogen and oxygen atoms in total. The number of esters is 1. The van der Waals surface area contributed by atoms with Crippen LogP contribution in [0.15, 0.2) is 54.9 Å². The van der Waals surface area contributed by atoms with Crippen LogP contribution in [0.5, 0.6) is 0 Å². The van der Waals surface area contributed by atoms with Crippen molar-refractivity contribution >= 4 is 17.0 Å². The van der Waals surface area contributed by atoms with E-state index in [-0.39, 0.29) is 5.97 Å². The zero-order chi connectivity index (χ0) is 22.5. The van der Waals surface area contributed by atoms with Crippen molar-refractivity contribution in [2.45, 2.75) is 31.7 Å². The molecule has 3 heterocycles. The van der Waals surface area contributed by atoms with E-state index in [1.54, 1.807) is 17.7 Å². The second kappa shape index (κ2) is 7.85. The number of hydrogen-bond acceptors (Lipinski definition) is 4. The average Bonchev–Trinajstić information content (AvgIpc) is 3.26. The maximum Gasteiger partial charge on any atom is 0.337 e. The topological polar surface area (TPSA) is 58.2 Å². The number of pyridine rings is 1. The lowest BCUT2D eigenvalue weighted by Crippen LogP contribution is -2.33. The number of benzene rings is 2. The summed E-state index contributed by atoms with van der Waals surface area (Å²) in [5, 5.41) is 1.08. The van der Waals surface area contributed by atoms with Gasteiger partial charge in [0.2, 0.25) is 0 Å². The van der Waals surface area contributed by atoms with Crippen LogP contribution in [0.2, 0.25) is 0 Å². The van der Waals surface area contributed by atoms with E-state index < -0.39 is 0 Å². The van der Waals surface area contributed by atoms with Gasteiger partial charge < -0.3 is 14.6 Å². The number of fused-ring (bicyclic) bond motifs is 1. The van der Waals surface area contributed by atoms with E-state index in [4.69, 9.17) is 9.72 Å². The highest BCUT2D eigenvalue weighted by molar-refractivity contribution is 5.97. The Hall–Kier alpha value is -3.44. The Labute approximate surface area is 193 Å². The monoisotopic (exact) mass is 437 g/mol. The molecule has 1 aliphatic carbocycles. The molecule has 0 amide bonds. The van der Waals surface area contributed by atoms with Crippen LogP contribution >= 0.6 is 0 Å². The van der Waals surface area contributed by atoms with Crippen molar-refractivity contribution in [1.29, 1.82) is 0 Å². The summed E-state index contributed by atoms with van der Waals surface area (Å²) in [6.07, 6.45) is 7.72. The number of aromatic nitrogens is 2. The van der Waals surface area contributed by atoms with Gasteiger partial charge in [0, 0.05) is 42.0 Å².